The SMILES string of the molecule is CCCCc1cccc(CNC(=O)c2c(Cl)c(CC)nn2C)c1. The Morgan fingerprint density at radius 1 is 1.30 bits per heavy atom. The predicted molar refractivity (Wildman–Crippen MR) is 93.8 cm³/mol. The topological polar surface area (TPSA) is 46.9 Å². The summed E-state index contributed by atoms with van der Waals surface area (Å²) in [5.74, 6) is -0.191. The fourth-order valence-electron chi connectivity index (χ4n) is 2.57. The molecule has 0 spiro atoms. The molecule has 1 heterocycles. The highest BCUT2D eigenvalue weighted by Gasteiger charge is 2.19. The molecule has 0 fully saturated rings. The van der Waals surface area contributed by atoms with Crippen LogP contribution in [0.4, 0.5) is 0 Å². The molecule has 0 aliphatic rings. The van der Waals surface area contributed by atoms with E-state index >= 15 is 0 Å². The lowest BCUT2D eigenvalue weighted by atomic mass is 10.1. The number of nitrogens with zero attached hydrogens (tertiary/aromatic N) is 2. The number of carbonyl (C=O) groups excluding carboxylic acids is 1. The van der Waals surface area contributed by atoms with Gasteiger partial charge in [-0.2, -0.15) is 5.10 Å². The van der Waals surface area contributed by atoms with Gasteiger partial charge in [-0.1, -0.05) is 56.1 Å². The van der Waals surface area contributed by atoms with E-state index in [2.05, 4.69) is 29.5 Å². The third kappa shape index (κ3) is 4.35. The fourth-order valence-corrected chi connectivity index (χ4v) is 2.95. The molecule has 23 heavy (non-hydrogen) atoms. The number of halogens is 1. The Balaban J connectivity index is 2.03. The van der Waals surface area contributed by atoms with Crippen LogP contribution in [0.1, 0.15) is 54.0 Å². The van der Waals surface area contributed by atoms with Gasteiger partial charge in [-0.25, -0.2) is 0 Å². The van der Waals surface area contributed by atoms with Crippen molar-refractivity contribution in [1.29, 1.82) is 0 Å². The number of aromatic nitrogens is 2. The zero-order chi connectivity index (χ0) is 16.8. The van der Waals surface area contributed by atoms with Gasteiger partial charge in [0.15, 0.2) is 0 Å². The van der Waals surface area contributed by atoms with Gasteiger partial charge in [0.2, 0.25) is 0 Å². The summed E-state index contributed by atoms with van der Waals surface area (Å²) in [6.45, 7) is 4.64. The summed E-state index contributed by atoms with van der Waals surface area (Å²) in [6, 6.07) is 8.35. The quantitative estimate of drug-likeness (QED) is 0.835. The van der Waals surface area contributed by atoms with Gasteiger partial charge in [0.25, 0.3) is 5.91 Å². The molecule has 0 atom stereocenters. The molecule has 1 aromatic carbocycles. The van der Waals surface area contributed by atoms with E-state index in [9.17, 15) is 4.79 Å². The van der Waals surface area contributed by atoms with Crippen molar-refractivity contribution in [3.8, 4) is 0 Å². The molecule has 1 N–H and O–H groups in total. The molecule has 0 aliphatic heterocycles. The normalized spacial score (nSPS) is 10.8. The maximum atomic E-state index is 12.4. The molecule has 0 saturated heterocycles. The van der Waals surface area contributed by atoms with E-state index in [1.165, 1.54) is 18.4 Å². The van der Waals surface area contributed by atoms with Crippen LogP contribution in [-0.4, -0.2) is 15.7 Å². The summed E-state index contributed by atoms with van der Waals surface area (Å²) < 4.78 is 1.55. The minimum atomic E-state index is -0.191. The maximum absolute atomic E-state index is 12.4. The molecule has 4 nitrogen and oxygen atoms in total. The van der Waals surface area contributed by atoms with Crippen LogP contribution in [0, 0.1) is 0 Å². The zero-order valence-electron chi connectivity index (χ0n) is 14.0. The lowest BCUT2D eigenvalue weighted by Crippen LogP contribution is -2.25. The van der Waals surface area contributed by atoms with Crippen LogP contribution >= 0.6 is 11.6 Å². The Morgan fingerprint density at radius 2 is 2.04 bits per heavy atom. The minimum Gasteiger partial charge on any atom is -0.347 e. The third-order valence-electron chi connectivity index (χ3n) is 3.87. The second-order valence-corrected chi connectivity index (χ2v) is 6.07. The fraction of sp³-hybridized carbons (Fsp3) is 0.444. The molecule has 0 bridgehead atoms. The molecule has 1 amide bonds. The lowest BCUT2D eigenvalue weighted by molar-refractivity contribution is 0.0941. The average Bonchev–Trinajstić information content (AvgIpc) is 2.85. The van der Waals surface area contributed by atoms with Gasteiger partial charge < -0.3 is 5.32 Å². The zero-order valence-corrected chi connectivity index (χ0v) is 14.8. The first-order valence-electron chi connectivity index (χ1n) is 8.14. The summed E-state index contributed by atoms with van der Waals surface area (Å²) >= 11 is 6.24. The van der Waals surface area contributed by atoms with Gasteiger partial charge in [0.05, 0.1) is 10.7 Å². The van der Waals surface area contributed by atoms with E-state index in [1.54, 1.807) is 11.7 Å². The smallest absolute Gasteiger partial charge is 0.271 e. The Bertz CT molecular complexity index is 679. The van der Waals surface area contributed by atoms with E-state index in [0.717, 1.165) is 17.7 Å². The van der Waals surface area contributed by atoms with Crippen LogP contribution < -0.4 is 5.32 Å². The molecule has 0 radical (unpaired) electrons. The molecule has 124 valence electrons. The molecule has 5 heteroatoms. The second-order valence-electron chi connectivity index (χ2n) is 5.69. The molecule has 2 aromatic rings. The number of aryl methyl sites for hydroxylation is 3. The van der Waals surface area contributed by atoms with Crippen molar-refractivity contribution >= 4 is 17.5 Å². The van der Waals surface area contributed by atoms with Crippen LogP contribution in [-0.2, 0) is 26.4 Å². The largest absolute Gasteiger partial charge is 0.347 e. The van der Waals surface area contributed by atoms with Crippen molar-refractivity contribution in [3.05, 3.63) is 51.8 Å². The summed E-state index contributed by atoms with van der Waals surface area (Å²) in [5.41, 5.74) is 3.58. The van der Waals surface area contributed by atoms with Crippen molar-refractivity contribution in [2.45, 2.75) is 46.1 Å². The average molecular weight is 334 g/mol. The Hall–Kier alpha value is -1.81. The highest BCUT2D eigenvalue weighted by molar-refractivity contribution is 6.34. The number of amides is 1. The first-order chi connectivity index (χ1) is 11.1. The van der Waals surface area contributed by atoms with Crippen LogP contribution in [0.5, 0.6) is 0 Å². The van der Waals surface area contributed by atoms with Gasteiger partial charge >= 0.3 is 0 Å². The van der Waals surface area contributed by atoms with E-state index in [-0.39, 0.29) is 5.91 Å². The molecule has 0 aliphatic carbocycles. The van der Waals surface area contributed by atoms with Crippen LogP contribution in [0.25, 0.3) is 0 Å². The standard InChI is InChI=1S/C18H24ClN3O/c1-4-6-8-13-9-7-10-14(11-13)12-20-18(23)17-16(19)15(5-2)21-22(17)3/h7,9-11H,4-6,8,12H2,1-3H3,(H,20,23). The monoisotopic (exact) mass is 333 g/mol. The van der Waals surface area contributed by atoms with Gasteiger partial charge in [-0.05, 0) is 30.4 Å². The van der Waals surface area contributed by atoms with Crippen molar-refractivity contribution in [1.82, 2.24) is 15.1 Å². The van der Waals surface area contributed by atoms with Crippen LogP contribution in [0.2, 0.25) is 5.02 Å². The first-order valence-corrected chi connectivity index (χ1v) is 8.52. The van der Waals surface area contributed by atoms with Crippen molar-refractivity contribution in [3.63, 3.8) is 0 Å². The molecule has 0 unspecified atom stereocenters. The summed E-state index contributed by atoms with van der Waals surface area (Å²) in [5, 5.41) is 7.66. The summed E-state index contributed by atoms with van der Waals surface area (Å²) in [6.07, 6.45) is 4.14. The van der Waals surface area contributed by atoms with E-state index in [0.29, 0.717) is 23.7 Å². The van der Waals surface area contributed by atoms with Crippen LogP contribution in [0.15, 0.2) is 24.3 Å². The number of hydrogen-bond donors (Lipinski definition) is 1. The number of hydrogen-bond acceptors (Lipinski definition) is 2. The minimum absolute atomic E-state index is 0.191. The van der Waals surface area contributed by atoms with Gasteiger partial charge in [-0.3, -0.25) is 9.48 Å². The highest BCUT2D eigenvalue weighted by Crippen LogP contribution is 2.20. The summed E-state index contributed by atoms with van der Waals surface area (Å²) in [7, 11) is 1.74. The predicted octanol–water partition coefficient (Wildman–Crippen LogP) is 3.91. The van der Waals surface area contributed by atoms with Gasteiger partial charge in [0, 0.05) is 13.6 Å². The number of nitrogens with one attached hydrogen (secondary N) is 1. The van der Waals surface area contributed by atoms with E-state index < -0.39 is 0 Å². The maximum Gasteiger partial charge on any atom is 0.271 e. The summed E-state index contributed by atoms with van der Waals surface area (Å²) in [4.78, 5) is 12.4. The van der Waals surface area contributed by atoms with Crippen molar-refractivity contribution in [2.24, 2.45) is 7.05 Å². The Morgan fingerprint density at radius 3 is 2.70 bits per heavy atom. The molecule has 0 saturated carbocycles. The second kappa shape index (κ2) is 8.16. The lowest BCUT2D eigenvalue weighted by Gasteiger charge is -2.08. The number of rotatable bonds is 7. The number of carbonyl (C=O) groups is 1. The van der Waals surface area contributed by atoms with Crippen molar-refractivity contribution in [2.75, 3.05) is 0 Å². The van der Waals surface area contributed by atoms with Crippen molar-refractivity contribution < 1.29 is 4.79 Å². The molecular formula is C18H24ClN3O. The third-order valence-corrected chi connectivity index (χ3v) is 4.27. The van der Waals surface area contributed by atoms with Gasteiger partial charge in [0.1, 0.15) is 5.69 Å². The molecular weight excluding hydrogens is 310 g/mol. The number of benzene rings is 1. The molecule has 2 rings (SSSR count). The molecule has 1 aromatic heterocycles. The first kappa shape index (κ1) is 17.5. The highest BCUT2D eigenvalue weighted by atomic mass is 35.5. The number of unbranched alkanes of at least 4 members (excludes halogenated alkanes) is 1. The Labute approximate surface area is 142 Å². The van der Waals surface area contributed by atoms with Crippen LogP contribution in [0.3, 0.4) is 0 Å². The Kier molecular flexibility index (Phi) is 6.22. The van der Waals surface area contributed by atoms with E-state index in [4.69, 9.17) is 11.6 Å². The van der Waals surface area contributed by atoms with Gasteiger partial charge in [-0.15, -0.1) is 0 Å². The van der Waals surface area contributed by atoms with E-state index in [1.807, 2.05) is 19.1 Å².